The first-order chi connectivity index (χ1) is 11.1. The number of methoxy groups -OCH3 is 1. The number of imide groups is 1. The highest BCUT2D eigenvalue weighted by molar-refractivity contribution is 7.71. The molecule has 9 heteroatoms. The number of aromatic amines is 1. The molecule has 2 heterocycles. The lowest BCUT2D eigenvalue weighted by molar-refractivity contribution is -0.121. The maximum atomic E-state index is 11.5. The number of hydrogen-bond acceptors (Lipinski definition) is 5. The molecule has 0 bridgehead atoms. The Hall–Kier alpha value is -2.68. The molecule has 3 N–H and O–H groups in total. The number of carbonyl (C=O) groups is 2. The van der Waals surface area contributed by atoms with Gasteiger partial charge in [-0.2, -0.15) is 5.10 Å². The lowest BCUT2D eigenvalue weighted by Crippen LogP contribution is -2.53. The summed E-state index contributed by atoms with van der Waals surface area (Å²) in [6, 6.07) is 6.56. The van der Waals surface area contributed by atoms with E-state index in [9.17, 15) is 9.59 Å². The van der Waals surface area contributed by atoms with Gasteiger partial charge in [0.15, 0.2) is 4.77 Å². The van der Waals surface area contributed by atoms with E-state index in [4.69, 9.17) is 17.0 Å². The molecule has 1 saturated heterocycles. The van der Waals surface area contributed by atoms with E-state index in [1.165, 1.54) is 0 Å². The van der Waals surface area contributed by atoms with Gasteiger partial charge in [-0.05, 0) is 36.5 Å². The van der Waals surface area contributed by atoms with Crippen LogP contribution in [0.15, 0.2) is 24.3 Å². The Morgan fingerprint density at radius 3 is 2.74 bits per heavy atom. The average molecular weight is 333 g/mol. The van der Waals surface area contributed by atoms with Gasteiger partial charge in [0, 0.05) is 24.6 Å². The zero-order chi connectivity index (χ0) is 16.4. The molecule has 120 valence electrons. The largest absolute Gasteiger partial charge is 0.497 e. The van der Waals surface area contributed by atoms with Crippen LogP contribution >= 0.6 is 12.2 Å². The average Bonchev–Trinajstić information content (AvgIpc) is 2.87. The number of benzene rings is 1. The molecular weight excluding hydrogens is 318 g/mol. The molecule has 1 unspecified atom stereocenters. The van der Waals surface area contributed by atoms with Crippen LogP contribution in [-0.2, 0) is 11.2 Å². The maximum absolute atomic E-state index is 11.5. The molecule has 3 rings (SSSR count). The molecule has 8 nitrogen and oxygen atoms in total. The van der Waals surface area contributed by atoms with Crippen LogP contribution in [0.4, 0.5) is 4.79 Å². The first-order valence-electron chi connectivity index (χ1n) is 6.98. The van der Waals surface area contributed by atoms with E-state index in [0.717, 1.165) is 11.4 Å². The van der Waals surface area contributed by atoms with Crippen molar-refractivity contribution in [3.8, 4) is 11.4 Å². The summed E-state index contributed by atoms with van der Waals surface area (Å²) in [6.45, 7) is 0. The fourth-order valence-electron chi connectivity index (χ4n) is 2.48. The van der Waals surface area contributed by atoms with Crippen molar-refractivity contribution in [2.24, 2.45) is 0 Å². The number of nitrogens with zero attached hydrogens (tertiary/aromatic N) is 2. The van der Waals surface area contributed by atoms with Crippen LogP contribution in [-0.4, -0.2) is 39.9 Å². The zero-order valence-corrected chi connectivity index (χ0v) is 13.1. The predicted molar refractivity (Wildman–Crippen MR) is 84.1 cm³/mol. The SMILES string of the molecule is COc1ccc(-n2c(CC3CC(=O)NC(=O)N3)n[nH]c2=S)cc1. The van der Waals surface area contributed by atoms with Crippen LogP contribution in [0.5, 0.6) is 5.75 Å². The molecule has 0 radical (unpaired) electrons. The van der Waals surface area contributed by atoms with Crippen molar-refractivity contribution in [3.05, 3.63) is 34.9 Å². The third kappa shape index (κ3) is 3.24. The number of ether oxygens (including phenoxy) is 1. The van der Waals surface area contributed by atoms with E-state index >= 15 is 0 Å². The molecule has 1 aromatic carbocycles. The van der Waals surface area contributed by atoms with Gasteiger partial charge in [-0.1, -0.05) is 0 Å². The van der Waals surface area contributed by atoms with Crippen molar-refractivity contribution in [2.75, 3.05) is 7.11 Å². The quantitative estimate of drug-likeness (QED) is 0.727. The Kier molecular flexibility index (Phi) is 4.11. The Morgan fingerprint density at radius 2 is 2.09 bits per heavy atom. The smallest absolute Gasteiger partial charge is 0.321 e. The van der Waals surface area contributed by atoms with E-state index in [1.54, 1.807) is 11.7 Å². The minimum atomic E-state index is -0.489. The highest BCUT2D eigenvalue weighted by Crippen LogP contribution is 2.18. The van der Waals surface area contributed by atoms with Gasteiger partial charge in [0.2, 0.25) is 5.91 Å². The maximum Gasteiger partial charge on any atom is 0.321 e. The third-order valence-electron chi connectivity index (χ3n) is 3.52. The van der Waals surface area contributed by atoms with Crippen LogP contribution in [0.1, 0.15) is 12.2 Å². The number of rotatable bonds is 4. The highest BCUT2D eigenvalue weighted by Gasteiger charge is 2.25. The lowest BCUT2D eigenvalue weighted by Gasteiger charge is -2.22. The molecule has 1 aromatic heterocycles. The van der Waals surface area contributed by atoms with Gasteiger partial charge in [-0.25, -0.2) is 4.79 Å². The van der Waals surface area contributed by atoms with Crippen LogP contribution in [0.2, 0.25) is 0 Å². The third-order valence-corrected chi connectivity index (χ3v) is 3.80. The van der Waals surface area contributed by atoms with Gasteiger partial charge in [0.05, 0.1) is 7.11 Å². The van der Waals surface area contributed by atoms with Crippen LogP contribution in [0.3, 0.4) is 0 Å². The first-order valence-corrected chi connectivity index (χ1v) is 7.38. The fraction of sp³-hybridized carbons (Fsp3) is 0.286. The van der Waals surface area contributed by atoms with Gasteiger partial charge in [0.1, 0.15) is 11.6 Å². The standard InChI is InChI=1S/C14H15N5O3S/c1-22-10-4-2-9(3-5-10)19-11(17-18-14(19)23)6-8-7-12(20)16-13(21)15-8/h2-5,8H,6-7H2,1H3,(H,18,23)(H2,15,16,20,21). The summed E-state index contributed by atoms with van der Waals surface area (Å²) in [5.41, 5.74) is 0.825. The molecule has 0 spiro atoms. The highest BCUT2D eigenvalue weighted by atomic mass is 32.1. The second kappa shape index (κ2) is 6.21. The number of H-pyrrole nitrogens is 1. The molecular formula is C14H15N5O3S. The molecule has 1 aliphatic heterocycles. The van der Waals surface area contributed by atoms with Crippen molar-refractivity contribution < 1.29 is 14.3 Å². The monoisotopic (exact) mass is 333 g/mol. The normalized spacial score (nSPS) is 17.5. The van der Waals surface area contributed by atoms with Crippen molar-refractivity contribution in [1.29, 1.82) is 0 Å². The number of urea groups is 1. The van der Waals surface area contributed by atoms with E-state index in [-0.39, 0.29) is 18.4 Å². The van der Waals surface area contributed by atoms with Crippen molar-refractivity contribution in [2.45, 2.75) is 18.9 Å². The second-order valence-corrected chi connectivity index (χ2v) is 5.49. The Labute approximate surface area is 136 Å². The summed E-state index contributed by atoms with van der Waals surface area (Å²) >= 11 is 5.28. The first kappa shape index (κ1) is 15.2. The molecule has 2 aromatic rings. The van der Waals surface area contributed by atoms with Gasteiger partial charge in [0.25, 0.3) is 0 Å². The number of aromatic nitrogens is 3. The summed E-state index contributed by atoms with van der Waals surface area (Å²) in [5, 5.41) is 11.9. The molecule has 3 amide bonds. The molecule has 23 heavy (non-hydrogen) atoms. The Morgan fingerprint density at radius 1 is 1.35 bits per heavy atom. The molecule has 1 atom stereocenters. The molecule has 1 aliphatic rings. The second-order valence-electron chi connectivity index (χ2n) is 5.11. The minimum Gasteiger partial charge on any atom is -0.497 e. The molecule has 0 saturated carbocycles. The van der Waals surface area contributed by atoms with Crippen LogP contribution in [0, 0.1) is 4.77 Å². The zero-order valence-electron chi connectivity index (χ0n) is 12.3. The number of amides is 3. The van der Waals surface area contributed by atoms with Crippen molar-refractivity contribution >= 4 is 24.2 Å². The van der Waals surface area contributed by atoms with Gasteiger partial charge in [-0.3, -0.25) is 19.8 Å². The fourth-order valence-corrected chi connectivity index (χ4v) is 2.74. The molecule has 0 aliphatic carbocycles. The van der Waals surface area contributed by atoms with E-state index < -0.39 is 6.03 Å². The van der Waals surface area contributed by atoms with E-state index in [2.05, 4.69) is 20.8 Å². The van der Waals surface area contributed by atoms with Crippen molar-refractivity contribution in [1.82, 2.24) is 25.4 Å². The van der Waals surface area contributed by atoms with Gasteiger partial charge < -0.3 is 10.1 Å². The lowest BCUT2D eigenvalue weighted by atomic mass is 10.1. The summed E-state index contributed by atoms with van der Waals surface area (Å²) < 4.78 is 7.35. The summed E-state index contributed by atoms with van der Waals surface area (Å²) in [4.78, 5) is 22.9. The summed E-state index contributed by atoms with van der Waals surface area (Å²) in [7, 11) is 1.60. The Balaban J connectivity index is 1.87. The van der Waals surface area contributed by atoms with Crippen LogP contribution < -0.4 is 15.4 Å². The molecule has 1 fully saturated rings. The van der Waals surface area contributed by atoms with Crippen LogP contribution in [0.25, 0.3) is 5.69 Å². The number of carbonyl (C=O) groups excluding carboxylic acids is 2. The summed E-state index contributed by atoms with van der Waals surface area (Å²) in [6.07, 6.45) is 0.590. The topological polar surface area (TPSA) is 101 Å². The van der Waals surface area contributed by atoms with Crippen molar-refractivity contribution in [3.63, 3.8) is 0 Å². The number of hydrogen-bond donors (Lipinski definition) is 3. The van der Waals surface area contributed by atoms with E-state index in [1.807, 2.05) is 24.3 Å². The predicted octanol–water partition coefficient (Wildman–Crippen LogP) is 1.08. The number of nitrogens with one attached hydrogen (secondary N) is 3. The summed E-state index contributed by atoms with van der Waals surface area (Å²) in [5.74, 6) is 1.07. The Bertz CT molecular complexity index is 779. The van der Waals surface area contributed by atoms with Gasteiger partial charge in [-0.15, -0.1) is 0 Å². The minimum absolute atomic E-state index is 0.202. The van der Waals surface area contributed by atoms with Gasteiger partial charge >= 0.3 is 6.03 Å². The van der Waals surface area contributed by atoms with E-state index in [0.29, 0.717) is 17.0 Å².